The normalized spacial score (nSPS) is 16.1. The Morgan fingerprint density at radius 1 is 1.44 bits per heavy atom. The highest BCUT2D eigenvalue weighted by molar-refractivity contribution is 7.07. The van der Waals surface area contributed by atoms with E-state index in [9.17, 15) is 14.0 Å². The fourth-order valence-corrected chi connectivity index (χ4v) is 4.10. The molecule has 1 unspecified atom stereocenters. The van der Waals surface area contributed by atoms with E-state index in [1.807, 2.05) is 17.9 Å². The highest BCUT2D eigenvalue weighted by Gasteiger charge is 2.27. The number of halogens is 1. The summed E-state index contributed by atoms with van der Waals surface area (Å²) in [6.07, 6.45) is 5.74. The first kappa shape index (κ1) is 17.7. The summed E-state index contributed by atoms with van der Waals surface area (Å²) in [6, 6.07) is 4.23. The van der Waals surface area contributed by atoms with E-state index in [1.165, 1.54) is 22.3 Å². The van der Waals surface area contributed by atoms with Crippen LogP contribution in [-0.4, -0.2) is 20.3 Å². The molecule has 6 nitrogen and oxygen atoms in total. The molecule has 2 heterocycles. The number of thiazole rings is 1. The molecule has 27 heavy (non-hydrogen) atoms. The maximum absolute atomic E-state index is 13.7. The zero-order valence-corrected chi connectivity index (χ0v) is 15.6. The molecule has 0 radical (unpaired) electrons. The van der Waals surface area contributed by atoms with Gasteiger partial charge in [0.2, 0.25) is 5.91 Å². The standard InChI is InChI=1S/C19H19FN4O2S/c1-23-17-9-12(2-3-13(17)10-21-23)18(25)22-16-5-4-15(20)8-14(16)11-24-6-7-27-19(24)26/h4-8,10,12H,2-3,9,11H2,1H3,(H,22,25). The van der Waals surface area contributed by atoms with Gasteiger partial charge in [0.15, 0.2) is 0 Å². The molecular formula is C19H19FN4O2S. The fourth-order valence-electron chi connectivity index (χ4n) is 3.51. The summed E-state index contributed by atoms with van der Waals surface area (Å²) in [6.45, 7) is 0.215. The topological polar surface area (TPSA) is 68.9 Å². The average Bonchev–Trinajstić information content (AvgIpc) is 3.23. The van der Waals surface area contributed by atoms with Gasteiger partial charge in [-0.05, 0) is 42.2 Å². The molecule has 0 saturated heterocycles. The van der Waals surface area contributed by atoms with Crippen LogP contribution in [0.15, 0.2) is 40.8 Å². The van der Waals surface area contributed by atoms with Gasteiger partial charge in [0.1, 0.15) is 5.82 Å². The number of amides is 1. The first-order valence-electron chi connectivity index (χ1n) is 8.74. The van der Waals surface area contributed by atoms with E-state index in [4.69, 9.17) is 0 Å². The van der Waals surface area contributed by atoms with E-state index in [0.717, 1.165) is 29.9 Å². The molecular weight excluding hydrogens is 367 g/mol. The van der Waals surface area contributed by atoms with Crippen molar-refractivity contribution in [3.8, 4) is 0 Å². The fraction of sp³-hybridized carbons (Fsp3) is 0.316. The van der Waals surface area contributed by atoms with Crippen molar-refractivity contribution in [3.63, 3.8) is 0 Å². The number of nitrogens with one attached hydrogen (secondary N) is 1. The second-order valence-corrected chi connectivity index (χ2v) is 7.62. The van der Waals surface area contributed by atoms with E-state index in [2.05, 4.69) is 10.4 Å². The lowest BCUT2D eigenvalue weighted by Crippen LogP contribution is -2.29. The number of aryl methyl sites for hydroxylation is 2. The molecule has 1 atom stereocenters. The Morgan fingerprint density at radius 3 is 3.07 bits per heavy atom. The Morgan fingerprint density at radius 2 is 2.30 bits per heavy atom. The Labute approximate surface area is 159 Å². The first-order chi connectivity index (χ1) is 13.0. The van der Waals surface area contributed by atoms with Crippen LogP contribution < -0.4 is 10.2 Å². The van der Waals surface area contributed by atoms with Crippen LogP contribution >= 0.6 is 11.3 Å². The van der Waals surface area contributed by atoms with Gasteiger partial charge in [-0.25, -0.2) is 4.39 Å². The minimum Gasteiger partial charge on any atom is -0.326 e. The van der Waals surface area contributed by atoms with Crippen molar-refractivity contribution in [2.24, 2.45) is 13.0 Å². The highest BCUT2D eigenvalue weighted by Crippen LogP contribution is 2.27. The lowest BCUT2D eigenvalue weighted by Gasteiger charge is -2.22. The van der Waals surface area contributed by atoms with Crippen LogP contribution in [0.4, 0.5) is 10.1 Å². The van der Waals surface area contributed by atoms with Crippen LogP contribution in [0.5, 0.6) is 0 Å². The van der Waals surface area contributed by atoms with Gasteiger partial charge in [-0.15, -0.1) is 0 Å². The molecule has 0 saturated carbocycles. The van der Waals surface area contributed by atoms with Gasteiger partial charge < -0.3 is 9.88 Å². The van der Waals surface area contributed by atoms with Gasteiger partial charge in [0.25, 0.3) is 0 Å². The maximum Gasteiger partial charge on any atom is 0.307 e. The molecule has 8 heteroatoms. The SMILES string of the molecule is Cn1ncc2c1CC(C(=O)Nc1ccc(F)cc1Cn1ccsc1=O)CC2. The predicted octanol–water partition coefficient (Wildman–Crippen LogP) is 2.57. The Hall–Kier alpha value is -2.74. The highest BCUT2D eigenvalue weighted by atomic mass is 32.1. The lowest BCUT2D eigenvalue weighted by molar-refractivity contribution is -0.120. The van der Waals surface area contributed by atoms with Gasteiger partial charge in [-0.2, -0.15) is 5.10 Å². The Bertz CT molecular complexity index is 1050. The van der Waals surface area contributed by atoms with Gasteiger partial charge in [-0.3, -0.25) is 14.3 Å². The minimum absolute atomic E-state index is 0.0904. The second kappa shape index (κ2) is 7.11. The minimum atomic E-state index is -0.400. The molecule has 3 aromatic rings. The number of nitrogens with zero attached hydrogens (tertiary/aromatic N) is 3. The number of rotatable bonds is 4. The zero-order chi connectivity index (χ0) is 19.0. The number of benzene rings is 1. The molecule has 0 spiro atoms. The van der Waals surface area contributed by atoms with Crippen molar-refractivity contribution < 1.29 is 9.18 Å². The Kier molecular flexibility index (Phi) is 4.65. The summed E-state index contributed by atoms with van der Waals surface area (Å²) in [5, 5.41) is 8.88. The number of anilines is 1. The molecule has 2 aromatic heterocycles. The molecule has 0 fully saturated rings. The van der Waals surface area contributed by atoms with E-state index in [1.54, 1.807) is 17.6 Å². The van der Waals surface area contributed by atoms with E-state index >= 15 is 0 Å². The van der Waals surface area contributed by atoms with Crippen LogP contribution in [0.3, 0.4) is 0 Å². The van der Waals surface area contributed by atoms with E-state index in [-0.39, 0.29) is 23.2 Å². The molecule has 1 amide bonds. The van der Waals surface area contributed by atoms with Gasteiger partial charge in [0.05, 0.1) is 12.7 Å². The third-order valence-electron chi connectivity index (χ3n) is 5.03. The second-order valence-electron chi connectivity index (χ2n) is 6.77. The monoisotopic (exact) mass is 386 g/mol. The number of carbonyl (C=O) groups is 1. The summed E-state index contributed by atoms with van der Waals surface area (Å²) in [5.74, 6) is -0.648. The van der Waals surface area contributed by atoms with E-state index in [0.29, 0.717) is 17.7 Å². The van der Waals surface area contributed by atoms with Crippen molar-refractivity contribution in [1.82, 2.24) is 14.3 Å². The number of fused-ring (bicyclic) bond motifs is 1. The van der Waals surface area contributed by atoms with Crippen LogP contribution in [0, 0.1) is 11.7 Å². The maximum atomic E-state index is 13.7. The zero-order valence-electron chi connectivity index (χ0n) is 14.8. The van der Waals surface area contributed by atoms with Crippen LogP contribution in [0.25, 0.3) is 0 Å². The molecule has 0 aliphatic heterocycles. The number of carbonyl (C=O) groups excluding carboxylic acids is 1. The summed E-state index contributed by atoms with van der Waals surface area (Å²) in [4.78, 5) is 24.5. The first-order valence-corrected chi connectivity index (χ1v) is 9.62. The summed E-state index contributed by atoms with van der Waals surface area (Å²) >= 11 is 1.08. The van der Waals surface area contributed by atoms with Crippen molar-refractivity contribution >= 4 is 22.9 Å². The predicted molar refractivity (Wildman–Crippen MR) is 101 cm³/mol. The molecule has 0 bridgehead atoms. The van der Waals surface area contributed by atoms with Crippen molar-refractivity contribution in [2.75, 3.05) is 5.32 Å². The largest absolute Gasteiger partial charge is 0.326 e. The van der Waals surface area contributed by atoms with E-state index < -0.39 is 5.82 Å². The molecule has 1 N–H and O–H groups in total. The molecule has 1 aliphatic carbocycles. The molecule has 1 aromatic carbocycles. The summed E-state index contributed by atoms with van der Waals surface area (Å²) in [7, 11) is 1.88. The quantitative estimate of drug-likeness (QED) is 0.749. The van der Waals surface area contributed by atoms with Crippen LogP contribution in [-0.2, 0) is 31.2 Å². The lowest BCUT2D eigenvalue weighted by atomic mass is 9.87. The van der Waals surface area contributed by atoms with Crippen molar-refractivity contribution in [2.45, 2.75) is 25.8 Å². The van der Waals surface area contributed by atoms with Crippen LogP contribution in [0.1, 0.15) is 23.2 Å². The Balaban J connectivity index is 1.54. The number of hydrogen-bond acceptors (Lipinski definition) is 4. The average molecular weight is 386 g/mol. The van der Waals surface area contributed by atoms with Gasteiger partial charge in [-0.1, -0.05) is 11.3 Å². The van der Waals surface area contributed by atoms with Gasteiger partial charge in [0, 0.05) is 42.3 Å². The van der Waals surface area contributed by atoms with Crippen LogP contribution in [0.2, 0.25) is 0 Å². The molecule has 1 aliphatic rings. The summed E-state index contributed by atoms with van der Waals surface area (Å²) < 4.78 is 17.1. The number of hydrogen-bond donors (Lipinski definition) is 1. The molecule has 140 valence electrons. The molecule has 4 rings (SSSR count). The smallest absolute Gasteiger partial charge is 0.307 e. The third kappa shape index (κ3) is 3.57. The van der Waals surface area contributed by atoms with Crippen molar-refractivity contribution in [3.05, 3.63) is 68.3 Å². The summed E-state index contributed by atoms with van der Waals surface area (Å²) in [5.41, 5.74) is 3.39. The third-order valence-corrected chi connectivity index (χ3v) is 5.72. The van der Waals surface area contributed by atoms with Crippen molar-refractivity contribution in [1.29, 1.82) is 0 Å². The van der Waals surface area contributed by atoms with Gasteiger partial charge >= 0.3 is 4.87 Å². The number of aromatic nitrogens is 3.